The fourth-order valence-corrected chi connectivity index (χ4v) is 3.32. The van der Waals surface area contributed by atoms with Crippen LogP contribution in [0.25, 0.3) is 0 Å². The van der Waals surface area contributed by atoms with Gasteiger partial charge in [0.2, 0.25) is 5.91 Å². The Hall–Kier alpha value is -1.17. The molecule has 5 nitrogen and oxygen atoms in total. The SMILES string of the molecule is Cl.Cl.O=C1CCCN1CCCN1CCN(c2ccc(O)cc2)CC1. The lowest BCUT2D eigenvalue weighted by Crippen LogP contribution is -2.47. The van der Waals surface area contributed by atoms with Crippen LogP contribution < -0.4 is 4.90 Å². The van der Waals surface area contributed by atoms with Crippen molar-refractivity contribution in [2.24, 2.45) is 0 Å². The molecule has 2 heterocycles. The maximum atomic E-state index is 11.6. The van der Waals surface area contributed by atoms with Crippen LogP contribution in [0, 0.1) is 0 Å². The molecule has 24 heavy (non-hydrogen) atoms. The Morgan fingerprint density at radius 1 is 0.917 bits per heavy atom. The number of aromatic hydroxyl groups is 1. The molecule has 0 bridgehead atoms. The Labute approximate surface area is 156 Å². The molecular weight excluding hydrogens is 349 g/mol. The topological polar surface area (TPSA) is 47.0 Å². The van der Waals surface area contributed by atoms with Gasteiger partial charge < -0.3 is 14.9 Å². The first kappa shape index (κ1) is 20.9. The number of rotatable bonds is 5. The minimum Gasteiger partial charge on any atom is -0.508 e. The predicted octanol–water partition coefficient (Wildman–Crippen LogP) is 2.37. The van der Waals surface area contributed by atoms with Crippen LogP contribution >= 0.6 is 24.8 Å². The van der Waals surface area contributed by atoms with Gasteiger partial charge in [-0.25, -0.2) is 0 Å². The minimum absolute atomic E-state index is 0. The molecule has 2 fully saturated rings. The summed E-state index contributed by atoms with van der Waals surface area (Å²) in [6.45, 7) is 7.11. The van der Waals surface area contributed by atoms with Gasteiger partial charge in [0, 0.05) is 51.4 Å². The highest BCUT2D eigenvalue weighted by atomic mass is 35.5. The van der Waals surface area contributed by atoms with Crippen LogP contribution in [0.3, 0.4) is 0 Å². The van der Waals surface area contributed by atoms with Crippen LogP contribution in [0.15, 0.2) is 24.3 Å². The van der Waals surface area contributed by atoms with Crippen molar-refractivity contribution >= 4 is 36.4 Å². The number of halogens is 2. The molecule has 0 aromatic heterocycles. The molecule has 3 rings (SSSR count). The van der Waals surface area contributed by atoms with Gasteiger partial charge in [0.05, 0.1) is 0 Å². The molecular formula is C17H27Cl2N3O2. The van der Waals surface area contributed by atoms with Crippen molar-refractivity contribution in [3.63, 3.8) is 0 Å². The summed E-state index contributed by atoms with van der Waals surface area (Å²) >= 11 is 0. The van der Waals surface area contributed by atoms with Gasteiger partial charge in [-0.1, -0.05) is 0 Å². The van der Waals surface area contributed by atoms with Crippen molar-refractivity contribution in [3.8, 4) is 5.75 Å². The van der Waals surface area contributed by atoms with Crippen LogP contribution in [-0.2, 0) is 4.79 Å². The first-order valence-corrected chi connectivity index (χ1v) is 8.26. The van der Waals surface area contributed by atoms with E-state index in [-0.39, 0.29) is 24.8 Å². The summed E-state index contributed by atoms with van der Waals surface area (Å²) in [5.41, 5.74) is 1.18. The Bertz CT molecular complexity index is 505. The number of carbonyl (C=O) groups excluding carboxylic acids is 1. The van der Waals surface area contributed by atoms with Crippen molar-refractivity contribution in [2.75, 3.05) is 50.7 Å². The Morgan fingerprint density at radius 2 is 1.58 bits per heavy atom. The van der Waals surface area contributed by atoms with Gasteiger partial charge in [-0.05, 0) is 43.7 Å². The quantitative estimate of drug-likeness (QED) is 0.857. The van der Waals surface area contributed by atoms with E-state index in [2.05, 4.69) is 9.80 Å². The van der Waals surface area contributed by atoms with Crippen LogP contribution in [-0.4, -0.2) is 66.6 Å². The Morgan fingerprint density at radius 3 is 2.17 bits per heavy atom. The number of amides is 1. The number of piperazine rings is 1. The molecule has 136 valence electrons. The summed E-state index contributed by atoms with van der Waals surface area (Å²) in [7, 11) is 0. The molecule has 1 aromatic rings. The summed E-state index contributed by atoms with van der Waals surface area (Å²) in [5.74, 6) is 0.649. The van der Waals surface area contributed by atoms with Gasteiger partial charge in [-0.2, -0.15) is 0 Å². The number of hydrogen-bond acceptors (Lipinski definition) is 4. The third-order valence-electron chi connectivity index (χ3n) is 4.66. The van der Waals surface area contributed by atoms with Gasteiger partial charge in [-0.15, -0.1) is 24.8 Å². The molecule has 0 radical (unpaired) electrons. The van der Waals surface area contributed by atoms with Crippen LogP contribution in [0.4, 0.5) is 5.69 Å². The Balaban J connectivity index is 0.00000144. The van der Waals surface area contributed by atoms with E-state index in [1.54, 1.807) is 12.1 Å². The number of anilines is 1. The third-order valence-corrected chi connectivity index (χ3v) is 4.66. The van der Waals surface area contributed by atoms with Gasteiger partial charge in [0.15, 0.2) is 0 Å². The zero-order valence-corrected chi connectivity index (χ0v) is 15.5. The molecule has 0 unspecified atom stereocenters. The number of hydrogen-bond donors (Lipinski definition) is 1. The van der Waals surface area contributed by atoms with E-state index in [1.807, 2.05) is 17.0 Å². The Kier molecular flexibility index (Phi) is 8.67. The van der Waals surface area contributed by atoms with E-state index < -0.39 is 0 Å². The number of carbonyl (C=O) groups is 1. The summed E-state index contributed by atoms with van der Waals surface area (Å²) in [6, 6.07) is 7.44. The highest BCUT2D eigenvalue weighted by Gasteiger charge is 2.21. The van der Waals surface area contributed by atoms with Crippen LogP contribution in [0.5, 0.6) is 5.75 Å². The summed E-state index contributed by atoms with van der Waals surface area (Å²) < 4.78 is 0. The standard InChI is InChI=1S/C17H25N3O2.2ClH/c21-16-6-4-15(5-7-16)19-13-11-18(12-14-19)8-2-10-20-9-1-3-17(20)22;;/h4-7,21H,1-3,8-14H2;2*1H. The predicted molar refractivity (Wildman–Crippen MR) is 102 cm³/mol. The fraction of sp³-hybridized carbons (Fsp3) is 0.588. The second-order valence-corrected chi connectivity index (χ2v) is 6.18. The molecule has 0 saturated carbocycles. The summed E-state index contributed by atoms with van der Waals surface area (Å²) in [6.07, 6.45) is 2.85. The maximum Gasteiger partial charge on any atom is 0.222 e. The molecule has 2 aliphatic heterocycles. The molecule has 7 heteroatoms. The highest BCUT2D eigenvalue weighted by molar-refractivity contribution is 5.85. The normalized spacial score (nSPS) is 18.2. The van der Waals surface area contributed by atoms with Crippen molar-refractivity contribution in [2.45, 2.75) is 19.3 Å². The molecule has 2 saturated heterocycles. The zero-order valence-electron chi connectivity index (χ0n) is 13.9. The van der Waals surface area contributed by atoms with Crippen LogP contribution in [0.2, 0.25) is 0 Å². The van der Waals surface area contributed by atoms with E-state index >= 15 is 0 Å². The van der Waals surface area contributed by atoms with Crippen molar-refractivity contribution in [1.82, 2.24) is 9.80 Å². The van der Waals surface area contributed by atoms with E-state index in [0.717, 1.165) is 65.1 Å². The summed E-state index contributed by atoms with van der Waals surface area (Å²) in [5, 5.41) is 9.35. The number of benzene rings is 1. The largest absolute Gasteiger partial charge is 0.508 e. The minimum atomic E-state index is 0. The highest BCUT2D eigenvalue weighted by Crippen LogP contribution is 2.20. The molecule has 0 spiro atoms. The van der Waals surface area contributed by atoms with E-state index in [1.165, 1.54) is 5.69 Å². The second kappa shape index (κ2) is 9.97. The fourth-order valence-electron chi connectivity index (χ4n) is 3.32. The van der Waals surface area contributed by atoms with Crippen molar-refractivity contribution < 1.29 is 9.90 Å². The van der Waals surface area contributed by atoms with Gasteiger partial charge in [-0.3, -0.25) is 9.69 Å². The average Bonchev–Trinajstić information content (AvgIpc) is 2.94. The first-order chi connectivity index (χ1) is 10.7. The lowest BCUT2D eigenvalue weighted by atomic mass is 10.2. The van der Waals surface area contributed by atoms with Crippen molar-refractivity contribution in [1.29, 1.82) is 0 Å². The molecule has 0 atom stereocenters. The number of phenols is 1. The van der Waals surface area contributed by atoms with Crippen LogP contribution in [0.1, 0.15) is 19.3 Å². The average molecular weight is 376 g/mol. The number of nitrogens with zero attached hydrogens (tertiary/aromatic N) is 3. The van der Waals surface area contributed by atoms with E-state index in [4.69, 9.17) is 0 Å². The van der Waals surface area contributed by atoms with Gasteiger partial charge in [0.1, 0.15) is 5.75 Å². The number of phenolic OH excluding ortho intramolecular Hbond substituents is 1. The van der Waals surface area contributed by atoms with E-state index in [0.29, 0.717) is 11.7 Å². The molecule has 1 amide bonds. The summed E-state index contributed by atoms with van der Waals surface area (Å²) in [4.78, 5) is 18.4. The lowest BCUT2D eigenvalue weighted by Gasteiger charge is -2.36. The zero-order chi connectivity index (χ0) is 15.4. The third kappa shape index (κ3) is 5.43. The molecule has 1 aromatic carbocycles. The first-order valence-electron chi connectivity index (χ1n) is 8.26. The molecule has 1 N–H and O–H groups in total. The monoisotopic (exact) mass is 375 g/mol. The van der Waals surface area contributed by atoms with Crippen molar-refractivity contribution in [3.05, 3.63) is 24.3 Å². The molecule has 2 aliphatic rings. The van der Waals surface area contributed by atoms with E-state index in [9.17, 15) is 9.90 Å². The van der Waals surface area contributed by atoms with Gasteiger partial charge in [0.25, 0.3) is 0 Å². The maximum absolute atomic E-state index is 11.6. The smallest absolute Gasteiger partial charge is 0.222 e. The second-order valence-electron chi connectivity index (χ2n) is 6.18. The molecule has 0 aliphatic carbocycles. The lowest BCUT2D eigenvalue weighted by molar-refractivity contribution is -0.127. The number of likely N-dealkylation sites (tertiary alicyclic amines) is 1. The van der Waals surface area contributed by atoms with Gasteiger partial charge >= 0.3 is 0 Å².